The lowest BCUT2D eigenvalue weighted by Crippen LogP contribution is -3.28. The topological polar surface area (TPSA) is 56.4 Å². The van der Waals surface area contributed by atoms with E-state index in [-0.39, 0.29) is 5.91 Å². The highest BCUT2D eigenvalue weighted by molar-refractivity contribution is 6.30. The van der Waals surface area contributed by atoms with E-state index in [4.69, 9.17) is 21.1 Å². The first-order chi connectivity index (χ1) is 14.2. The normalized spacial score (nSPS) is 20.4. The predicted molar refractivity (Wildman–Crippen MR) is 111 cm³/mol. The summed E-state index contributed by atoms with van der Waals surface area (Å²) in [4.78, 5) is 15.2. The summed E-state index contributed by atoms with van der Waals surface area (Å²) in [7, 11) is 0. The highest BCUT2D eigenvalue weighted by Gasteiger charge is 2.25. The van der Waals surface area contributed by atoms with Gasteiger partial charge in [0, 0.05) is 17.1 Å². The molecule has 29 heavy (non-hydrogen) atoms. The van der Waals surface area contributed by atoms with Crippen molar-refractivity contribution in [3.8, 4) is 11.5 Å². The number of halogens is 1. The SMILES string of the molecule is O=C(C[NH+]1CC[NH+](Cc2ccc3c(c2)OCO3)CC1)NCCc1ccc(Cl)cc1. The van der Waals surface area contributed by atoms with Crippen molar-refractivity contribution in [1.29, 1.82) is 0 Å². The van der Waals surface area contributed by atoms with E-state index in [1.54, 1.807) is 4.90 Å². The smallest absolute Gasteiger partial charge is 0.275 e. The molecule has 1 saturated heterocycles. The predicted octanol–water partition coefficient (Wildman–Crippen LogP) is -0.289. The van der Waals surface area contributed by atoms with E-state index in [1.165, 1.54) is 16.0 Å². The van der Waals surface area contributed by atoms with Crippen LogP contribution in [0.5, 0.6) is 11.5 Å². The van der Waals surface area contributed by atoms with E-state index in [0.717, 1.165) is 55.7 Å². The van der Waals surface area contributed by atoms with Gasteiger partial charge in [0.05, 0.1) is 0 Å². The summed E-state index contributed by atoms with van der Waals surface area (Å²) < 4.78 is 10.8. The monoisotopic (exact) mass is 417 g/mol. The minimum atomic E-state index is 0.133. The van der Waals surface area contributed by atoms with Gasteiger partial charge in [0.15, 0.2) is 18.0 Å². The lowest BCUT2D eigenvalue weighted by Gasteiger charge is -2.29. The van der Waals surface area contributed by atoms with Gasteiger partial charge in [-0.2, -0.15) is 0 Å². The number of ether oxygens (including phenoxy) is 2. The van der Waals surface area contributed by atoms with Gasteiger partial charge < -0.3 is 24.6 Å². The van der Waals surface area contributed by atoms with E-state index in [1.807, 2.05) is 30.3 Å². The highest BCUT2D eigenvalue weighted by Crippen LogP contribution is 2.32. The molecular formula is C22H28ClN3O3+2. The molecule has 2 heterocycles. The Morgan fingerprint density at radius 3 is 2.41 bits per heavy atom. The van der Waals surface area contributed by atoms with Crippen LogP contribution in [0.15, 0.2) is 42.5 Å². The second-order valence-corrected chi connectivity index (χ2v) is 8.20. The number of carbonyl (C=O) groups is 1. The molecule has 3 N–H and O–H groups in total. The molecule has 2 aliphatic heterocycles. The minimum Gasteiger partial charge on any atom is -0.454 e. The lowest BCUT2D eigenvalue weighted by atomic mass is 10.1. The zero-order valence-electron chi connectivity index (χ0n) is 16.5. The number of hydrogen-bond donors (Lipinski definition) is 3. The Hall–Kier alpha value is -2.28. The lowest BCUT2D eigenvalue weighted by molar-refractivity contribution is -1.02. The molecule has 2 aromatic carbocycles. The second kappa shape index (κ2) is 9.48. The van der Waals surface area contributed by atoms with Crippen LogP contribution in [-0.4, -0.2) is 52.0 Å². The van der Waals surface area contributed by atoms with Gasteiger partial charge >= 0.3 is 0 Å². The average molecular weight is 418 g/mol. The number of amides is 1. The summed E-state index contributed by atoms with van der Waals surface area (Å²) in [6, 6.07) is 14.0. The van der Waals surface area contributed by atoms with Crippen LogP contribution >= 0.6 is 11.6 Å². The Morgan fingerprint density at radius 2 is 1.62 bits per heavy atom. The summed E-state index contributed by atoms with van der Waals surface area (Å²) >= 11 is 5.90. The number of rotatable bonds is 7. The first-order valence-electron chi connectivity index (χ1n) is 10.2. The summed E-state index contributed by atoms with van der Waals surface area (Å²) in [6.45, 7) is 6.69. The molecule has 0 spiro atoms. The third-order valence-corrected chi connectivity index (χ3v) is 5.87. The van der Waals surface area contributed by atoms with Crippen LogP contribution in [0.1, 0.15) is 11.1 Å². The maximum Gasteiger partial charge on any atom is 0.275 e. The van der Waals surface area contributed by atoms with Crippen molar-refractivity contribution in [3.05, 3.63) is 58.6 Å². The van der Waals surface area contributed by atoms with Crippen molar-refractivity contribution in [3.63, 3.8) is 0 Å². The molecule has 1 amide bonds. The van der Waals surface area contributed by atoms with Crippen LogP contribution < -0.4 is 24.6 Å². The molecule has 1 fully saturated rings. The molecule has 154 valence electrons. The molecule has 2 aromatic rings. The van der Waals surface area contributed by atoms with Crippen LogP contribution in [0, 0.1) is 0 Å². The number of nitrogens with one attached hydrogen (secondary N) is 3. The molecule has 0 aromatic heterocycles. The maximum atomic E-state index is 12.3. The Balaban J connectivity index is 1.15. The Labute approximate surface area is 176 Å². The number of benzene rings is 2. The molecular weight excluding hydrogens is 390 g/mol. The van der Waals surface area contributed by atoms with Gasteiger partial charge in [-0.15, -0.1) is 0 Å². The van der Waals surface area contributed by atoms with Crippen molar-refractivity contribution in [1.82, 2.24) is 5.32 Å². The first-order valence-corrected chi connectivity index (χ1v) is 10.6. The van der Waals surface area contributed by atoms with Gasteiger partial charge in [-0.3, -0.25) is 4.79 Å². The average Bonchev–Trinajstić information content (AvgIpc) is 3.19. The number of piperazine rings is 1. The van der Waals surface area contributed by atoms with Gasteiger partial charge in [0.2, 0.25) is 6.79 Å². The van der Waals surface area contributed by atoms with Gasteiger partial charge in [-0.05, 0) is 42.3 Å². The molecule has 6 nitrogen and oxygen atoms in total. The third kappa shape index (κ3) is 5.63. The number of quaternary nitrogens is 2. The molecule has 0 atom stereocenters. The molecule has 0 bridgehead atoms. The molecule has 4 rings (SSSR count). The summed E-state index contributed by atoms with van der Waals surface area (Å²) in [5, 5.41) is 3.78. The van der Waals surface area contributed by atoms with E-state index < -0.39 is 0 Å². The van der Waals surface area contributed by atoms with Crippen LogP contribution in [0.3, 0.4) is 0 Å². The molecule has 0 unspecified atom stereocenters. The van der Waals surface area contributed by atoms with E-state index in [2.05, 4.69) is 17.4 Å². The van der Waals surface area contributed by atoms with Crippen LogP contribution in [-0.2, 0) is 17.8 Å². The molecule has 2 aliphatic rings. The van der Waals surface area contributed by atoms with Crippen molar-refractivity contribution < 1.29 is 24.1 Å². The van der Waals surface area contributed by atoms with Gasteiger partial charge in [0.25, 0.3) is 5.91 Å². The van der Waals surface area contributed by atoms with Crippen molar-refractivity contribution >= 4 is 17.5 Å². The molecule has 0 radical (unpaired) electrons. The first kappa shape index (κ1) is 20.0. The van der Waals surface area contributed by atoms with Crippen LogP contribution in [0.25, 0.3) is 0 Å². The van der Waals surface area contributed by atoms with E-state index >= 15 is 0 Å². The van der Waals surface area contributed by atoms with Gasteiger partial charge in [-0.1, -0.05) is 23.7 Å². The third-order valence-electron chi connectivity index (χ3n) is 5.61. The maximum absolute atomic E-state index is 12.3. The second-order valence-electron chi connectivity index (χ2n) is 7.77. The summed E-state index contributed by atoms with van der Waals surface area (Å²) in [5.74, 6) is 1.81. The zero-order chi connectivity index (χ0) is 20.1. The zero-order valence-corrected chi connectivity index (χ0v) is 17.3. The van der Waals surface area contributed by atoms with Crippen molar-refractivity contribution in [2.24, 2.45) is 0 Å². The largest absolute Gasteiger partial charge is 0.454 e. The van der Waals surface area contributed by atoms with Crippen molar-refractivity contribution in [2.75, 3.05) is 46.1 Å². The molecule has 7 heteroatoms. The summed E-state index contributed by atoms with van der Waals surface area (Å²) in [5.41, 5.74) is 2.45. The fourth-order valence-electron chi connectivity index (χ4n) is 3.94. The van der Waals surface area contributed by atoms with Gasteiger partial charge in [0.1, 0.15) is 32.7 Å². The standard InChI is InChI=1S/C22H26ClN3O3/c23-19-4-1-17(2-5-19)7-8-24-22(27)15-26-11-9-25(10-12-26)14-18-3-6-20-21(13-18)29-16-28-20/h1-6,13H,7-12,14-16H2,(H,24,27)/p+2. The Kier molecular flexibility index (Phi) is 6.54. The number of fused-ring (bicyclic) bond motifs is 1. The Morgan fingerprint density at radius 1 is 0.931 bits per heavy atom. The van der Waals surface area contributed by atoms with Crippen molar-refractivity contribution in [2.45, 2.75) is 13.0 Å². The molecule has 0 saturated carbocycles. The van der Waals surface area contributed by atoms with Crippen LogP contribution in [0.4, 0.5) is 0 Å². The van der Waals surface area contributed by atoms with Gasteiger partial charge in [-0.25, -0.2) is 0 Å². The van der Waals surface area contributed by atoms with E-state index in [0.29, 0.717) is 19.9 Å². The fraction of sp³-hybridized carbons (Fsp3) is 0.409. The molecule has 0 aliphatic carbocycles. The Bertz CT molecular complexity index is 836. The summed E-state index contributed by atoms with van der Waals surface area (Å²) in [6.07, 6.45) is 0.825. The quantitative estimate of drug-likeness (QED) is 0.580. The minimum absolute atomic E-state index is 0.133. The highest BCUT2D eigenvalue weighted by atomic mass is 35.5. The fourth-order valence-corrected chi connectivity index (χ4v) is 4.06. The number of carbonyl (C=O) groups excluding carboxylic acids is 1. The van der Waals surface area contributed by atoms with E-state index in [9.17, 15) is 4.79 Å². The van der Waals surface area contributed by atoms with Crippen LogP contribution in [0.2, 0.25) is 5.02 Å². The number of hydrogen-bond acceptors (Lipinski definition) is 3.